The SMILES string of the molecule is COc1cccc(Oc2ccc(N)nn2)c1. The van der Waals surface area contributed by atoms with Crippen LogP contribution in [0.4, 0.5) is 5.82 Å². The molecule has 0 radical (unpaired) electrons. The Hall–Kier alpha value is -2.30. The van der Waals surface area contributed by atoms with Crippen LogP contribution < -0.4 is 15.2 Å². The number of anilines is 1. The molecular weight excluding hydrogens is 206 g/mol. The zero-order chi connectivity index (χ0) is 11.4. The molecule has 0 atom stereocenters. The maximum absolute atomic E-state index is 5.47. The topological polar surface area (TPSA) is 70.3 Å². The minimum atomic E-state index is 0.359. The van der Waals surface area contributed by atoms with Crippen molar-refractivity contribution in [3.05, 3.63) is 36.4 Å². The second-order valence-electron chi connectivity index (χ2n) is 3.08. The van der Waals surface area contributed by atoms with Gasteiger partial charge in [0, 0.05) is 12.1 Å². The summed E-state index contributed by atoms with van der Waals surface area (Å²) in [6.45, 7) is 0. The molecular formula is C11H11N3O2. The summed E-state index contributed by atoms with van der Waals surface area (Å²) in [4.78, 5) is 0. The van der Waals surface area contributed by atoms with Crippen LogP contribution in [-0.4, -0.2) is 17.3 Å². The molecule has 0 bridgehead atoms. The first kappa shape index (κ1) is 10.2. The molecule has 2 aromatic rings. The lowest BCUT2D eigenvalue weighted by atomic mass is 10.3. The van der Waals surface area contributed by atoms with Gasteiger partial charge in [0.1, 0.15) is 17.3 Å². The van der Waals surface area contributed by atoms with Gasteiger partial charge in [-0.15, -0.1) is 10.2 Å². The third kappa shape index (κ3) is 2.38. The van der Waals surface area contributed by atoms with E-state index in [9.17, 15) is 0 Å². The summed E-state index contributed by atoms with van der Waals surface area (Å²) in [5, 5.41) is 7.48. The number of rotatable bonds is 3. The number of ether oxygens (including phenoxy) is 2. The fraction of sp³-hybridized carbons (Fsp3) is 0.0909. The van der Waals surface area contributed by atoms with Crippen LogP contribution in [-0.2, 0) is 0 Å². The molecule has 0 aliphatic carbocycles. The zero-order valence-corrected chi connectivity index (χ0v) is 8.75. The van der Waals surface area contributed by atoms with E-state index in [2.05, 4.69) is 10.2 Å². The normalized spacial score (nSPS) is 9.81. The molecule has 82 valence electrons. The third-order valence-corrected chi connectivity index (χ3v) is 1.92. The predicted octanol–water partition coefficient (Wildman–Crippen LogP) is 1.86. The summed E-state index contributed by atoms with van der Waals surface area (Å²) in [5.74, 6) is 2.11. The summed E-state index contributed by atoms with van der Waals surface area (Å²) in [5.41, 5.74) is 5.42. The number of hydrogen-bond donors (Lipinski definition) is 1. The number of nitrogens with two attached hydrogens (primary N) is 1. The lowest BCUT2D eigenvalue weighted by molar-refractivity contribution is 0.406. The fourth-order valence-electron chi connectivity index (χ4n) is 1.17. The van der Waals surface area contributed by atoms with E-state index in [-0.39, 0.29) is 0 Å². The highest BCUT2D eigenvalue weighted by Crippen LogP contribution is 2.23. The molecule has 1 heterocycles. The molecule has 0 unspecified atom stereocenters. The van der Waals surface area contributed by atoms with E-state index in [1.807, 2.05) is 12.1 Å². The van der Waals surface area contributed by atoms with Gasteiger partial charge in [0.05, 0.1) is 7.11 Å². The smallest absolute Gasteiger partial charge is 0.238 e. The molecule has 16 heavy (non-hydrogen) atoms. The van der Waals surface area contributed by atoms with Crippen molar-refractivity contribution < 1.29 is 9.47 Å². The summed E-state index contributed by atoms with van der Waals surface area (Å²) in [7, 11) is 1.60. The molecule has 1 aromatic heterocycles. The average Bonchev–Trinajstić information content (AvgIpc) is 2.32. The second kappa shape index (κ2) is 4.48. The van der Waals surface area contributed by atoms with E-state index in [4.69, 9.17) is 15.2 Å². The first-order valence-electron chi connectivity index (χ1n) is 4.69. The van der Waals surface area contributed by atoms with Crippen molar-refractivity contribution in [2.24, 2.45) is 0 Å². The lowest BCUT2D eigenvalue weighted by Gasteiger charge is -2.05. The largest absolute Gasteiger partial charge is 0.497 e. The van der Waals surface area contributed by atoms with Crippen LogP contribution in [0.5, 0.6) is 17.4 Å². The van der Waals surface area contributed by atoms with Gasteiger partial charge in [-0.05, 0) is 18.2 Å². The molecule has 0 aliphatic heterocycles. The van der Waals surface area contributed by atoms with Crippen LogP contribution in [0.3, 0.4) is 0 Å². The third-order valence-electron chi connectivity index (χ3n) is 1.92. The highest BCUT2D eigenvalue weighted by atomic mass is 16.5. The molecule has 5 heteroatoms. The Labute approximate surface area is 92.8 Å². The van der Waals surface area contributed by atoms with Crippen molar-refractivity contribution in [2.45, 2.75) is 0 Å². The van der Waals surface area contributed by atoms with E-state index in [0.717, 1.165) is 5.75 Å². The summed E-state index contributed by atoms with van der Waals surface area (Å²) < 4.78 is 10.5. The first-order chi connectivity index (χ1) is 7.78. The molecule has 0 fully saturated rings. The van der Waals surface area contributed by atoms with Gasteiger partial charge in [-0.1, -0.05) is 6.07 Å². The van der Waals surface area contributed by atoms with Crippen molar-refractivity contribution in [3.8, 4) is 17.4 Å². The molecule has 2 rings (SSSR count). The minimum Gasteiger partial charge on any atom is -0.497 e. The Morgan fingerprint density at radius 1 is 1.06 bits per heavy atom. The van der Waals surface area contributed by atoms with E-state index in [0.29, 0.717) is 17.4 Å². The molecule has 0 amide bonds. The van der Waals surface area contributed by atoms with Gasteiger partial charge in [0.25, 0.3) is 0 Å². The van der Waals surface area contributed by atoms with Gasteiger partial charge in [0.15, 0.2) is 0 Å². The van der Waals surface area contributed by atoms with Crippen LogP contribution in [0, 0.1) is 0 Å². The van der Waals surface area contributed by atoms with Crippen LogP contribution >= 0.6 is 0 Å². The van der Waals surface area contributed by atoms with E-state index in [1.165, 1.54) is 0 Å². The van der Waals surface area contributed by atoms with E-state index >= 15 is 0 Å². The molecule has 0 saturated heterocycles. The Bertz CT molecular complexity index is 471. The van der Waals surface area contributed by atoms with Crippen LogP contribution in [0.1, 0.15) is 0 Å². The van der Waals surface area contributed by atoms with Crippen molar-refractivity contribution in [1.29, 1.82) is 0 Å². The van der Waals surface area contributed by atoms with Crippen LogP contribution in [0.2, 0.25) is 0 Å². The van der Waals surface area contributed by atoms with Gasteiger partial charge in [0.2, 0.25) is 5.88 Å². The summed E-state index contributed by atoms with van der Waals surface area (Å²) >= 11 is 0. The van der Waals surface area contributed by atoms with Crippen molar-refractivity contribution in [2.75, 3.05) is 12.8 Å². The minimum absolute atomic E-state index is 0.359. The van der Waals surface area contributed by atoms with Gasteiger partial charge in [-0.25, -0.2) is 0 Å². The Balaban J connectivity index is 2.16. The number of methoxy groups -OCH3 is 1. The molecule has 1 aromatic carbocycles. The monoisotopic (exact) mass is 217 g/mol. The standard InChI is InChI=1S/C11H11N3O2/c1-15-8-3-2-4-9(7-8)16-11-6-5-10(12)13-14-11/h2-7H,1H3,(H2,12,13). The van der Waals surface area contributed by atoms with Crippen LogP contribution in [0.15, 0.2) is 36.4 Å². The van der Waals surface area contributed by atoms with Crippen LogP contribution in [0.25, 0.3) is 0 Å². The van der Waals surface area contributed by atoms with Crippen molar-refractivity contribution >= 4 is 5.82 Å². The molecule has 0 aliphatic rings. The molecule has 5 nitrogen and oxygen atoms in total. The highest BCUT2D eigenvalue weighted by molar-refractivity contribution is 5.36. The number of nitrogen functional groups attached to an aromatic ring is 1. The van der Waals surface area contributed by atoms with Gasteiger partial charge < -0.3 is 15.2 Å². The summed E-state index contributed by atoms with van der Waals surface area (Å²) in [6, 6.07) is 10.5. The number of aromatic nitrogens is 2. The number of nitrogens with zero attached hydrogens (tertiary/aromatic N) is 2. The zero-order valence-electron chi connectivity index (χ0n) is 8.75. The second-order valence-corrected chi connectivity index (χ2v) is 3.08. The van der Waals surface area contributed by atoms with Gasteiger partial charge in [-0.3, -0.25) is 0 Å². The van der Waals surface area contributed by atoms with E-state index in [1.54, 1.807) is 31.4 Å². The molecule has 0 spiro atoms. The summed E-state index contributed by atoms with van der Waals surface area (Å²) in [6.07, 6.45) is 0. The Morgan fingerprint density at radius 3 is 2.56 bits per heavy atom. The quantitative estimate of drug-likeness (QED) is 0.849. The van der Waals surface area contributed by atoms with Crippen molar-refractivity contribution in [1.82, 2.24) is 10.2 Å². The lowest BCUT2D eigenvalue weighted by Crippen LogP contribution is -1.94. The fourth-order valence-corrected chi connectivity index (χ4v) is 1.17. The van der Waals surface area contributed by atoms with E-state index < -0.39 is 0 Å². The maximum Gasteiger partial charge on any atom is 0.238 e. The predicted molar refractivity (Wildman–Crippen MR) is 59.5 cm³/mol. The Morgan fingerprint density at radius 2 is 1.88 bits per heavy atom. The first-order valence-corrected chi connectivity index (χ1v) is 4.69. The number of hydrogen-bond acceptors (Lipinski definition) is 5. The average molecular weight is 217 g/mol. The van der Waals surface area contributed by atoms with Crippen molar-refractivity contribution in [3.63, 3.8) is 0 Å². The maximum atomic E-state index is 5.47. The molecule has 2 N–H and O–H groups in total. The van der Waals surface area contributed by atoms with Gasteiger partial charge >= 0.3 is 0 Å². The van der Waals surface area contributed by atoms with Gasteiger partial charge in [-0.2, -0.15) is 0 Å². The Kier molecular flexibility index (Phi) is 2.86. The molecule has 0 saturated carbocycles. The number of benzene rings is 1. The highest BCUT2D eigenvalue weighted by Gasteiger charge is 2.00.